The molecule has 6 heteroatoms. The average Bonchev–Trinajstić information content (AvgIpc) is 4.12. The number of hydrogen-bond acceptors (Lipinski definition) is 4. The van der Waals surface area contributed by atoms with E-state index in [1.807, 2.05) is 22.7 Å². The van der Waals surface area contributed by atoms with Gasteiger partial charge in [-0.3, -0.25) is 0 Å². The van der Waals surface area contributed by atoms with E-state index in [0.717, 1.165) is 17.1 Å². The molecule has 0 saturated heterocycles. The van der Waals surface area contributed by atoms with Crippen molar-refractivity contribution in [2.75, 3.05) is 9.71 Å². The van der Waals surface area contributed by atoms with Crippen molar-refractivity contribution in [1.82, 2.24) is 4.57 Å². The van der Waals surface area contributed by atoms with Gasteiger partial charge in [-0.15, -0.1) is 22.7 Å². The van der Waals surface area contributed by atoms with E-state index in [-0.39, 0.29) is 28.5 Å². The molecular weight excluding hydrogens is 958 g/mol. The largest absolute Gasteiger partial charge is 0.375 e. The molecule has 14 rings (SSSR count). The molecule has 5 heterocycles. The van der Waals surface area contributed by atoms with Crippen LogP contribution in [0.3, 0.4) is 0 Å². The van der Waals surface area contributed by atoms with Gasteiger partial charge in [0.05, 0.1) is 15.7 Å². The van der Waals surface area contributed by atoms with Crippen LogP contribution in [0.25, 0.3) is 79.0 Å². The molecule has 3 aromatic heterocycles. The van der Waals surface area contributed by atoms with E-state index in [1.54, 1.807) is 0 Å². The van der Waals surface area contributed by atoms with Crippen LogP contribution in [0.4, 0.5) is 28.4 Å². The number of benzene rings is 9. The Morgan fingerprint density at radius 2 is 0.934 bits per heavy atom. The van der Waals surface area contributed by atoms with Gasteiger partial charge in [-0.25, -0.2) is 0 Å². The molecule has 9 aromatic carbocycles. The maximum absolute atomic E-state index is 2.78. The summed E-state index contributed by atoms with van der Waals surface area (Å²) in [7, 11) is 0. The van der Waals surface area contributed by atoms with Crippen LogP contribution in [0.1, 0.15) is 105 Å². The molecule has 3 nitrogen and oxygen atoms in total. The lowest BCUT2D eigenvalue weighted by atomic mass is 9.43. The van der Waals surface area contributed by atoms with Gasteiger partial charge < -0.3 is 14.3 Å². The van der Waals surface area contributed by atoms with Gasteiger partial charge in [0.25, 0.3) is 0 Å². The predicted octanol–water partition coefficient (Wildman–Crippen LogP) is 19.4. The quantitative estimate of drug-likeness (QED) is 0.163. The number of anilines is 5. The summed E-state index contributed by atoms with van der Waals surface area (Å²) in [6.07, 6.45) is 0. The van der Waals surface area contributed by atoms with Gasteiger partial charge in [0.2, 0.25) is 0 Å². The molecular formula is C70H64BN3S2. The fourth-order valence-corrected chi connectivity index (χ4v) is 15.1. The third-order valence-electron chi connectivity index (χ3n) is 16.8. The molecule has 12 aromatic rings. The summed E-state index contributed by atoms with van der Waals surface area (Å²) < 4.78 is 7.95. The molecule has 0 fully saturated rings. The Morgan fingerprint density at radius 3 is 1.54 bits per heavy atom. The third kappa shape index (κ3) is 7.05. The van der Waals surface area contributed by atoms with Gasteiger partial charge in [-0.1, -0.05) is 174 Å². The fraction of sp³-hybridized carbons (Fsp3) is 0.229. The molecule has 2 aliphatic rings. The van der Waals surface area contributed by atoms with Crippen molar-refractivity contribution in [3.05, 3.63) is 192 Å². The number of hydrogen-bond donors (Lipinski definition) is 0. The Labute approximate surface area is 456 Å². The second kappa shape index (κ2) is 16.2. The average molecular weight is 1020 g/mol. The Balaban J connectivity index is 1.17. The monoisotopic (exact) mass is 1020 g/mol. The normalized spacial score (nSPS) is 13.7. The zero-order valence-electron chi connectivity index (χ0n) is 45.9. The number of fused-ring (bicyclic) bond motifs is 14. The summed E-state index contributed by atoms with van der Waals surface area (Å²) in [5, 5.41) is 7.86. The summed E-state index contributed by atoms with van der Waals surface area (Å²) in [5.41, 5.74) is 20.2. The molecule has 76 heavy (non-hydrogen) atoms. The zero-order valence-corrected chi connectivity index (χ0v) is 47.5. The number of aromatic nitrogens is 1. The van der Waals surface area contributed by atoms with Gasteiger partial charge in [0, 0.05) is 86.1 Å². The first-order chi connectivity index (χ1) is 36.2. The minimum atomic E-state index is -0.150. The van der Waals surface area contributed by atoms with Crippen LogP contribution in [0.2, 0.25) is 0 Å². The van der Waals surface area contributed by atoms with Crippen molar-refractivity contribution < 1.29 is 0 Å². The molecule has 2 aliphatic heterocycles. The lowest BCUT2D eigenvalue weighted by molar-refractivity contribution is 0.590. The third-order valence-corrected chi connectivity index (χ3v) is 19.2. The highest BCUT2D eigenvalue weighted by molar-refractivity contribution is 7.27. The van der Waals surface area contributed by atoms with Crippen molar-refractivity contribution in [2.45, 2.75) is 105 Å². The molecule has 0 bridgehead atoms. The summed E-state index contributed by atoms with van der Waals surface area (Å²) in [6, 6.07) is 66.3. The standard InChI is InChI=1S/C70H64BN3S2/c1-67(2,3)41-24-29-45(30-25-41)72(46-31-26-42(27-32-46)68(4,5)6)47-39-54-62-57(35-33-51-49-19-14-16-23-61(49)76-66(51)62)74(58-21-17-20-50-48-18-13-15-22-60(48)75-65(50)58)71-55-38-44(70(10,11)12)37-53-52-36-43(69(7,8)9)28-34-56(52)73(64(53)55)59(40-47)63(54)71/h13-40H,1-12H3. The van der Waals surface area contributed by atoms with E-state index in [4.69, 9.17) is 0 Å². The van der Waals surface area contributed by atoms with Crippen molar-refractivity contribution in [3.8, 4) is 16.8 Å². The molecule has 0 unspecified atom stereocenters. The molecule has 0 aliphatic carbocycles. The van der Waals surface area contributed by atoms with E-state index < -0.39 is 0 Å². The van der Waals surface area contributed by atoms with Crippen LogP contribution in [-0.2, 0) is 21.7 Å². The Kier molecular flexibility index (Phi) is 10.1. The van der Waals surface area contributed by atoms with Gasteiger partial charge in [-0.2, -0.15) is 0 Å². The van der Waals surface area contributed by atoms with E-state index in [0.29, 0.717) is 0 Å². The highest BCUT2D eigenvalue weighted by Crippen LogP contribution is 2.54. The molecule has 374 valence electrons. The van der Waals surface area contributed by atoms with Crippen LogP contribution >= 0.6 is 22.7 Å². The van der Waals surface area contributed by atoms with Crippen LogP contribution < -0.4 is 20.6 Å². The minimum Gasteiger partial charge on any atom is -0.375 e. The molecule has 0 N–H and O–H groups in total. The molecule has 0 atom stereocenters. The second-order valence-electron chi connectivity index (χ2n) is 25.8. The number of nitrogens with zero attached hydrogens (tertiary/aromatic N) is 3. The Hall–Kier alpha value is -7.12. The van der Waals surface area contributed by atoms with Crippen molar-refractivity contribution in [3.63, 3.8) is 0 Å². The van der Waals surface area contributed by atoms with Gasteiger partial charge in [0.1, 0.15) is 0 Å². The summed E-state index contributed by atoms with van der Waals surface area (Å²) in [6.45, 7) is 27.9. The number of thiophene rings is 2. The van der Waals surface area contributed by atoms with Crippen LogP contribution in [0.15, 0.2) is 170 Å². The molecule has 0 saturated carbocycles. The van der Waals surface area contributed by atoms with E-state index >= 15 is 0 Å². The Bertz CT molecular complexity index is 4330. The van der Waals surface area contributed by atoms with E-state index in [2.05, 4.69) is 267 Å². The Morgan fingerprint density at radius 1 is 0.395 bits per heavy atom. The van der Waals surface area contributed by atoms with Gasteiger partial charge in [-0.05, 0) is 139 Å². The fourth-order valence-electron chi connectivity index (χ4n) is 12.6. The van der Waals surface area contributed by atoms with Crippen molar-refractivity contribution in [2.24, 2.45) is 0 Å². The van der Waals surface area contributed by atoms with E-state index in [1.165, 1.54) is 124 Å². The predicted molar refractivity (Wildman–Crippen MR) is 335 cm³/mol. The summed E-state index contributed by atoms with van der Waals surface area (Å²) in [4.78, 5) is 5.30. The second-order valence-corrected chi connectivity index (χ2v) is 27.9. The summed E-state index contributed by atoms with van der Waals surface area (Å²) >= 11 is 3.87. The van der Waals surface area contributed by atoms with Gasteiger partial charge in [0.15, 0.2) is 0 Å². The minimum absolute atomic E-state index is 0.0159. The number of rotatable bonds is 4. The van der Waals surface area contributed by atoms with Crippen molar-refractivity contribution in [1.29, 1.82) is 0 Å². The van der Waals surface area contributed by atoms with Crippen LogP contribution in [-0.4, -0.2) is 11.4 Å². The van der Waals surface area contributed by atoms with Crippen molar-refractivity contribution >= 4 is 131 Å². The first-order valence-corrected chi connectivity index (χ1v) is 28.8. The van der Waals surface area contributed by atoms with Crippen LogP contribution in [0, 0.1) is 0 Å². The highest BCUT2D eigenvalue weighted by atomic mass is 32.1. The van der Waals surface area contributed by atoms with Crippen LogP contribution in [0.5, 0.6) is 0 Å². The SMILES string of the molecule is CC(C)(C)c1ccc(N(c2ccc(C(C)(C)C)cc2)c2cc3c4c(c2)-n2c5ccc(C(C)(C)C)cc5c5cc(C(C)(C)C)cc(c52)B4N(c2cccc4c2sc2ccccc24)c2ccc4c(sc5ccccc54)c2-3)cc1. The molecule has 0 spiro atoms. The molecule has 0 radical (unpaired) electrons. The first-order valence-electron chi connectivity index (χ1n) is 27.2. The topological polar surface area (TPSA) is 11.4 Å². The lowest BCUT2D eigenvalue weighted by Crippen LogP contribution is -2.60. The zero-order chi connectivity index (χ0) is 52.5. The molecule has 0 amide bonds. The lowest BCUT2D eigenvalue weighted by Gasteiger charge is -2.43. The summed E-state index contributed by atoms with van der Waals surface area (Å²) in [5.74, 6) is 0. The maximum Gasteiger partial charge on any atom is 0.333 e. The first kappa shape index (κ1) is 47.3. The van der Waals surface area contributed by atoms with Gasteiger partial charge >= 0.3 is 6.85 Å². The smallest absolute Gasteiger partial charge is 0.333 e. The van der Waals surface area contributed by atoms with E-state index in [9.17, 15) is 0 Å². The maximum atomic E-state index is 2.78. The highest BCUT2D eigenvalue weighted by Gasteiger charge is 2.46.